The SMILES string of the molecule is CC(C)(N)CCC(F)(F)F.Cl. The van der Waals surface area contributed by atoms with E-state index in [1.54, 1.807) is 13.8 Å². The van der Waals surface area contributed by atoms with Gasteiger partial charge in [0.2, 0.25) is 0 Å². The molecule has 0 heterocycles. The molecule has 0 saturated heterocycles. The standard InChI is InChI=1S/C6H12F3N.ClH/c1-5(2,10)3-4-6(7,8)9;/h3-4,10H2,1-2H3;1H. The molecular weight excluding hydrogens is 179 g/mol. The molecule has 0 fully saturated rings. The minimum Gasteiger partial charge on any atom is -0.326 e. The van der Waals surface area contributed by atoms with Gasteiger partial charge in [-0.05, 0) is 20.3 Å². The van der Waals surface area contributed by atoms with Crippen LogP contribution >= 0.6 is 12.4 Å². The van der Waals surface area contributed by atoms with Crippen molar-refractivity contribution in [1.82, 2.24) is 0 Å². The lowest BCUT2D eigenvalue weighted by Crippen LogP contribution is -2.33. The van der Waals surface area contributed by atoms with Gasteiger partial charge in [-0.25, -0.2) is 0 Å². The second-order valence-electron chi connectivity index (χ2n) is 3.10. The monoisotopic (exact) mass is 191 g/mol. The third-order valence-electron chi connectivity index (χ3n) is 1.05. The third-order valence-corrected chi connectivity index (χ3v) is 1.05. The summed E-state index contributed by atoms with van der Waals surface area (Å²) in [5, 5.41) is 0. The van der Waals surface area contributed by atoms with E-state index in [4.69, 9.17) is 5.73 Å². The Hall–Kier alpha value is 0.0400. The molecule has 11 heavy (non-hydrogen) atoms. The van der Waals surface area contributed by atoms with Gasteiger partial charge in [-0.15, -0.1) is 12.4 Å². The molecule has 0 rings (SSSR count). The molecule has 0 amide bonds. The summed E-state index contributed by atoms with van der Waals surface area (Å²) in [6.45, 7) is 3.16. The van der Waals surface area contributed by atoms with E-state index in [0.717, 1.165) is 0 Å². The molecule has 0 saturated carbocycles. The van der Waals surface area contributed by atoms with Gasteiger partial charge in [0.15, 0.2) is 0 Å². The Morgan fingerprint density at radius 1 is 1.09 bits per heavy atom. The summed E-state index contributed by atoms with van der Waals surface area (Å²) in [7, 11) is 0. The summed E-state index contributed by atoms with van der Waals surface area (Å²) < 4.78 is 34.6. The van der Waals surface area contributed by atoms with Crippen LogP contribution in [0.4, 0.5) is 13.2 Å². The summed E-state index contributed by atoms with van der Waals surface area (Å²) in [4.78, 5) is 0. The van der Waals surface area contributed by atoms with E-state index in [9.17, 15) is 13.2 Å². The van der Waals surface area contributed by atoms with E-state index < -0.39 is 18.1 Å². The van der Waals surface area contributed by atoms with Crippen LogP contribution in [0.2, 0.25) is 0 Å². The second-order valence-corrected chi connectivity index (χ2v) is 3.10. The predicted molar refractivity (Wildman–Crippen MR) is 40.8 cm³/mol. The first-order valence-electron chi connectivity index (χ1n) is 3.06. The minimum absolute atomic E-state index is 0. The lowest BCUT2D eigenvalue weighted by Gasteiger charge is -2.18. The van der Waals surface area contributed by atoms with Crippen molar-refractivity contribution in [3.63, 3.8) is 0 Å². The predicted octanol–water partition coefficient (Wildman–Crippen LogP) is 2.49. The maximum absolute atomic E-state index is 11.5. The largest absolute Gasteiger partial charge is 0.389 e. The van der Waals surface area contributed by atoms with Crippen LogP contribution in [-0.2, 0) is 0 Å². The van der Waals surface area contributed by atoms with E-state index >= 15 is 0 Å². The van der Waals surface area contributed by atoms with Crippen molar-refractivity contribution in [2.45, 2.75) is 38.4 Å². The quantitative estimate of drug-likeness (QED) is 0.713. The molecule has 0 unspecified atom stereocenters. The number of hydrogen-bond donors (Lipinski definition) is 1. The molecular formula is C6H13ClF3N. The van der Waals surface area contributed by atoms with Crippen LogP contribution in [0.5, 0.6) is 0 Å². The Labute approximate surface area is 70.6 Å². The summed E-state index contributed by atoms with van der Waals surface area (Å²) in [6.07, 6.45) is -4.89. The van der Waals surface area contributed by atoms with E-state index in [1.165, 1.54) is 0 Å². The van der Waals surface area contributed by atoms with Crippen LogP contribution in [0.1, 0.15) is 26.7 Å². The topological polar surface area (TPSA) is 26.0 Å². The fourth-order valence-corrected chi connectivity index (χ4v) is 0.464. The Balaban J connectivity index is 0. The van der Waals surface area contributed by atoms with Gasteiger partial charge in [0, 0.05) is 12.0 Å². The molecule has 2 N–H and O–H groups in total. The zero-order chi connectivity index (χ0) is 8.41. The number of nitrogens with two attached hydrogens (primary N) is 1. The first kappa shape index (κ1) is 13.6. The van der Waals surface area contributed by atoms with Crippen molar-refractivity contribution in [2.24, 2.45) is 5.73 Å². The average Bonchev–Trinajstić information content (AvgIpc) is 1.57. The van der Waals surface area contributed by atoms with Gasteiger partial charge in [0.05, 0.1) is 0 Å². The molecule has 0 aliphatic heterocycles. The van der Waals surface area contributed by atoms with Crippen LogP contribution in [0.3, 0.4) is 0 Å². The molecule has 0 aliphatic rings. The molecule has 1 nitrogen and oxygen atoms in total. The summed E-state index contributed by atoms with van der Waals surface area (Å²) in [5.74, 6) is 0. The van der Waals surface area contributed by atoms with Crippen LogP contribution in [-0.4, -0.2) is 11.7 Å². The molecule has 0 aromatic rings. The second kappa shape index (κ2) is 4.16. The fourth-order valence-electron chi connectivity index (χ4n) is 0.464. The molecule has 0 aromatic heterocycles. The van der Waals surface area contributed by atoms with Gasteiger partial charge in [0.25, 0.3) is 0 Å². The highest BCUT2D eigenvalue weighted by Gasteiger charge is 2.29. The average molecular weight is 192 g/mol. The highest BCUT2D eigenvalue weighted by molar-refractivity contribution is 5.85. The van der Waals surface area contributed by atoms with Crippen LogP contribution in [0.15, 0.2) is 0 Å². The molecule has 0 atom stereocenters. The molecule has 0 aromatic carbocycles. The Bertz CT molecular complexity index is 91.4. The maximum Gasteiger partial charge on any atom is 0.389 e. The highest BCUT2D eigenvalue weighted by atomic mass is 35.5. The molecule has 0 aliphatic carbocycles. The zero-order valence-corrected chi connectivity index (χ0v) is 7.35. The first-order valence-corrected chi connectivity index (χ1v) is 3.06. The lowest BCUT2D eigenvalue weighted by molar-refractivity contribution is -0.137. The number of rotatable bonds is 2. The number of alkyl halides is 3. The van der Waals surface area contributed by atoms with Crippen molar-refractivity contribution in [3.05, 3.63) is 0 Å². The number of hydrogen-bond acceptors (Lipinski definition) is 1. The summed E-state index contributed by atoms with van der Waals surface area (Å²) >= 11 is 0. The fraction of sp³-hybridized carbons (Fsp3) is 1.00. The first-order chi connectivity index (χ1) is 4.21. The van der Waals surface area contributed by atoms with E-state index in [1.807, 2.05) is 0 Å². The Morgan fingerprint density at radius 3 is 1.55 bits per heavy atom. The smallest absolute Gasteiger partial charge is 0.326 e. The third kappa shape index (κ3) is 13.1. The van der Waals surface area contributed by atoms with Crippen molar-refractivity contribution >= 4 is 12.4 Å². The normalized spacial score (nSPS) is 12.5. The van der Waals surface area contributed by atoms with Gasteiger partial charge in [-0.1, -0.05) is 0 Å². The minimum atomic E-state index is -4.07. The van der Waals surface area contributed by atoms with Gasteiger partial charge >= 0.3 is 6.18 Å². The van der Waals surface area contributed by atoms with Crippen molar-refractivity contribution in [3.8, 4) is 0 Å². The molecule has 5 heteroatoms. The zero-order valence-electron chi connectivity index (χ0n) is 6.53. The van der Waals surface area contributed by atoms with Gasteiger partial charge in [-0.3, -0.25) is 0 Å². The van der Waals surface area contributed by atoms with Crippen molar-refractivity contribution in [1.29, 1.82) is 0 Å². The van der Waals surface area contributed by atoms with Crippen LogP contribution < -0.4 is 5.73 Å². The van der Waals surface area contributed by atoms with E-state index in [2.05, 4.69) is 0 Å². The molecule has 70 valence electrons. The van der Waals surface area contributed by atoms with Gasteiger partial charge in [0.1, 0.15) is 0 Å². The van der Waals surface area contributed by atoms with Gasteiger partial charge < -0.3 is 5.73 Å². The van der Waals surface area contributed by atoms with Crippen LogP contribution in [0, 0.1) is 0 Å². The summed E-state index contributed by atoms with van der Waals surface area (Å²) in [6, 6.07) is 0. The highest BCUT2D eigenvalue weighted by Crippen LogP contribution is 2.24. The Kier molecular flexibility index (Phi) is 5.15. The lowest BCUT2D eigenvalue weighted by atomic mass is 10.0. The van der Waals surface area contributed by atoms with E-state index in [0.29, 0.717) is 0 Å². The molecule has 0 bridgehead atoms. The molecule has 0 radical (unpaired) electrons. The van der Waals surface area contributed by atoms with Crippen molar-refractivity contribution in [2.75, 3.05) is 0 Å². The van der Waals surface area contributed by atoms with Gasteiger partial charge in [-0.2, -0.15) is 13.2 Å². The van der Waals surface area contributed by atoms with E-state index in [-0.39, 0.29) is 18.8 Å². The Morgan fingerprint density at radius 2 is 1.45 bits per heavy atom. The summed E-state index contributed by atoms with van der Waals surface area (Å²) in [5.41, 5.74) is 4.63. The molecule has 0 spiro atoms. The maximum atomic E-state index is 11.5. The number of halogens is 4. The van der Waals surface area contributed by atoms with Crippen molar-refractivity contribution < 1.29 is 13.2 Å². The van der Waals surface area contributed by atoms with Crippen LogP contribution in [0.25, 0.3) is 0 Å².